The van der Waals surface area contributed by atoms with Gasteiger partial charge >= 0.3 is 0 Å². The lowest BCUT2D eigenvalue weighted by Crippen LogP contribution is -2.42. The summed E-state index contributed by atoms with van der Waals surface area (Å²) in [5.41, 5.74) is 10.5. The summed E-state index contributed by atoms with van der Waals surface area (Å²) in [4.78, 5) is 10.5. The second-order valence-electron chi connectivity index (χ2n) is 2.79. The van der Waals surface area contributed by atoms with Crippen LogP contribution in [0, 0.1) is 0 Å². The highest BCUT2D eigenvalue weighted by molar-refractivity contribution is 6.49. The van der Waals surface area contributed by atoms with E-state index in [-0.39, 0.29) is 6.42 Å². The Kier molecular flexibility index (Phi) is 4.90. The van der Waals surface area contributed by atoms with Crippen molar-refractivity contribution >= 4 is 29.1 Å². The van der Waals surface area contributed by atoms with Crippen molar-refractivity contribution in [1.82, 2.24) is 0 Å². The van der Waals surface area contributed by atoms with Gasteiger partial charge in [-0.05, 0) is 6.42 Å². The van der Waals surface area contributed by atoms with E-state index in [1.165, 1.54) is 0 Å². The molecule has 0 spiro atoms. The molecule has 4 N–H and O–H groups in total. The van der Waals surface area contributed by atoms with Crippen LogP contribution in [0.3, 0.4) is 0 Å². The van der Waals surface area contributed by atoms with Crippen LogP contribution < -0.4 is 11.5 Å². The monoisotopic (exact) mass is 212 g/mol. The Morgan fingerprint density at radius 2 is 2.08 bits per heavy atom. The molecule has 1 amide bonds. The number of nitrogens with two attached hydrogens (primary N) is 2. The Hall–Kier alpha value is 0.01000. The Labute approximate surface area is 82.4 Å². The average molecular weight is 213 g/mol. The molecular formula is C7H14Cl2N2O. The van der Waals surface area contributed by atoms with E-state index < -0.39 is 16.3 Å². The van der Waals surface area contributed by atoms with Gasteiger partial charge < -0.3 is 11.5 Å². The number of halogens is 2. The molecule has 0 aromatic rings. The number of hydrogen-bond donors (Lipinski definition) is 2. The van der Waals surface area contributed by atoms with Crippen LogP contribution in [0.15, 0.2) is 0 Å². The summed E-state index contributed by atoms with van der Waals surface area (Å²) in [6, 6.07) is -0.585. The lowest BCUT2D eigenvalue weighted by atomic mass is 10.1. The molecule has 72 valence electrons. The second kappa shape index (κ2) is 4.90. The number of rotatable bonds is 5. The Balaban J connectivity index is 4.04. The zero-order chi connectivity index (χ0) is 9.78. The number of amides is 1. The molecule has 0 radical (unpaired) electrons. The molecule has 0 aromatic carbocycles. The van der Waals surface area contributed by atoms with E-state index >= 15 is 0 Å². The summed E-state index contributed by atoms with van der Waals surface area (Å²) in [7, 11) is 0. The molecule has 0 saturated heterocycles. The molecule has 0 heterocycles. The highest BCUT2D eigenvalue weighted by atomic mass is 35.5. The first kappa shape index (κ1) is 12.0. The van der Waals surface area contributed by atoms with Crippen molar-refractivity contribution in [3.05, 3.63) is 0 Å². The largest absolute Gasteiger partial charge is 0.370 e. The van der Waals surface area contributed by atoms with Crippen LogP contribution in [0.1, 0.15) is 26.2 Å². The van der Waals surface area contributed by atoms with Gasteiger partial charge in [-0.2, -0.15) is 0 Å². The van der Waals surface area contributed by atoms with Crippen molar-refractivity contribution in [2.24, 2.45) is 11.5 Å². The van der Waals surface area contributed by atoms with Gasteiger partial charge in [-0.3, -0.25) is 4.79 Å². The number of alkyl halides is 2. The van der Waals surface area contributed by atoms with E-state index in [0.29, 0.717) is 6.42 Å². The fraction of sp³-hybridized carbons (Fsp3) is 0.857. The summed E-state index contributed by atoms with van der Waals surface area (Å²) in [5.74, 6) is -0.482. The van der Waals surface area contributed by atoms with E-state index in [4.69, 9.17) is 34.7 Å². The molecule has 0 aliphatic rings. The highest BCUT2D eigenvalue weighted by Crippen LogP contribution is 2.30. The molecule has 3 nitrogen and oxygen atoms in total. The number of carbonyl (C=O) groups is 1. The van der Waals surface area contributed by atoms with Crippen LogP contribution in [-0.2, 0) is 4.79 Å². The van der Waals surface area contributed by atoms with E-state index in [9.17, 15) is 4.79 Å². The van der Waals surface area contributed by atoms with Crippen molar-refractivity contribution in [1.29, 1.82) is 0 Å². The normalized spacial score (nSPS) is 14.3. The van der Waals surface area contributed by atoms with Gasteiger partial charge in [0, 0.05) is 12.5 Å². The average Bonchev–Trinajstić information content (AvgIpc) is 1.85. The minimum Gasteiger partial charge on any atom is -0.370 e. The van der Waals surface area contributed by atoms with Gasteiger partial charge in [-0.15, -0.1) is 0 Å². The van der Waals surface area contributed by atoms with Crippen LogP contribution in [0.25, 0.3) is 0 Å². The van der Waals surface area contributed by atoms with E-state index in [0.717, 1.165) is 6.42 Å². The zero-order valence-corrected chi connectivity index (χ0v) is 8.53. The van der Waals surface area contributed by atoms with E-state index in [1.807, 2.05) is 6.92 Å². The van der Waals surface area contributed by atoms with Crippen molar-refractivity contribution in [2.45, 2.75) is 36.6 Å². The van der Waals surface area contributed by atoms with Gasteiger partial charge in [0.2, 0.25) is 5.91 Å². The molecule has 0 aliphatic heterocycles. The number of primary amides is 1. The van der Waals surface area contributed by atoms with Gasteiger partial charge in [-0.1, -0.05) is 36.5 Å². The Morgan fingerprint density at radius 1 is 1.58 bits per heavy atom. The van der Waals surface area contributed by atoms with Crippen molar-refractivity contribution in [3.63, 3.8) is 0 Å². The van der Waals surface area contributed by atoms with Crippen molar-refractivity contribution in [2.75, 3.05) is 0 Å². The van der Waals surface area contributed by atoms with Gasteiger partial charge in [0.1, 0.15) is 4.33 Å². The van der Waals surface area contributed by atoms with Crippen molar-refractivity contribution < 1.29 is 4.79 Å². The van der Waals surface area contributed by atoms with Gasteiger partial charge in [0.15, 0.2) is 0 Å². The highest BCUT2D eigenvalue weighted by Gasteiger charge is 2.31. The third-order valence-electron chi connectivity index (χ3n) is 1.55. The molecule has 0 bridgehead atoms. The van der Waals surface area contributed by atoms with Gasteiger partial charge in [0.05, 0.1) is 0 Å². The number of carbonyl (C=O) groups excluding carboxylic acids is 1. The van der Waals surface area contributed by atoms with Crippen LogP contribution in [0.5, 0.6) is 0 Å². The van der Waals surface area contributed by atoms with Gasteiger partial charge in [-0.25, -0.2) is 0 Å². The molecule has 0 rings (SSSR count). The first-order valence-corrected chi connectivity index (χ1v) is 4.57. The smallest absolute Gasteiger partial charge is 0.219 e. The van der Waals surface area contributed by atoms with Crippen LogP contribution in [-0.4, -0.2) is 16.3 Å². The molecule has 0 aromatic heterocycles. The Morgan fingerprint density at radius 3 is 2.42 bits per heavy atom. The summed E-state index contributed by atoms with van der Waals surface area (Å²) in [5, 5.41) is 0. The maximum atomic E-state index is 10.5. The quantitative estimate of drug-likeness (QED) is 0.673. The standard InChI is InChI=1S/C7H14Cl2N2O/c1-2-3-7(8,9)5(10)4-6(11)12/h5H,2-4,10H2,1H3,(H2,11,12). The summed E-state index contributed by atoms with van der Waals surface area (Å²) in [6.45, 7) is 1.94. The fourth-order valence-electron chi connectivity index (χ4n) is 0.885. The van der Waals surface area contributed by atoms with Crippen LogP contribution >= 0.6 is 23.2 Å². The molecule has 0 aliphatic carbocycles. The summed E-state index contributed by atoms with van der Waals surface area (Å²) in [6.07, 6.45) is 1.40. The maximum Gasteiger partial charge on any atom is 0.219 e. The third-order valence-corrected chi connectivity index (χ3v) is 2.49. The summed E-state index contributed by atoms with van der Waals surface area (Å²) < 4.78 is -1.04. The summed E-state index contributed by atoms with van der Waals surface area (Å²) >= 11 is 11.7. The predicted octanol–water partition coefficient (Wildman–Crippen LogP) is 1.16. The zero-order valence-electron chi connectivity index (χ0n) is 7.02. The molecule has 1 unspecified atom stereocenters. The SMILES string of the molecule is CCCC(Cl)(Cl)C(N)CC(N)=O. The predicted molar refractivity (Wildman–Crippen MR) is 51.1 cm³/mol. The number of hydrogen-bond acceptors (Lipinski definition) is 2. The molecule has 1 atom stereocenters. The van der Waals surface area contributed by atoms with Crippen LogP contribution in [0.4, 0.5) is 0 Å². The minimum atomic E-state index is -1.04. The molecule has 0 fully saturated rings. The molecule has 5 heteroatoms. The third kappa shape index (κ3) is 4.14. The minimum absolute atomic E-state index is 0.0208. The van der Waals surface area contributed by atoms with Gasteiger partial charge in [0.25, 0.3) is 0 Å². The lowest BCUT2D eigenvalue weighted by Gasteiger charge is -2.25. The maximum absolute atomic E-state index is 10.5. The first-order chi connectivity index (χ1) is 5.40. The van der Waals surface area contributed by atoms with Crippen molar-refractivity contribution in [3.8, 4) is 0 Å². The molecule has 12 heavy (non-hydrogen) atoms. The van der Waals surface area contributed by atoms with Crippen LogP contribution in [0.2, 0.25) is 0 Å². The van der Waals surface area contributed by atoms with E-state index in [2.05, 4.69) is 0 Å². The topological polar surface area (TPSA) is 69.1 Å². The lowest BCUT2D eigenvalue weighted by molar-refractivity contribution is -0.118. The first-order valence-electron chi connectivity index (χ1n) is 3.82. The fourth-order valence-corrected chi connectivity index (χ4v) is 1.42. The second-order valence-corrected chi connectivity index (χ2v) is 4.33. The molecule has 0 saturated carbocycles. The molecular weight excluding hydrogens is 199 g/mol. The van der Waals surface area contributed by atoms with E-state index in [1.54, 1.807) is 0 Å². The Bertz CT molecular complexity index is 161.